The van der Waals surface area contributed by atoms with E-state index in [0.717, 1.165) is 27.7 Å². The molecule has 0 aliphatic rings. The normalized spacial score (nSPS) is 6.19. The average Bonchev–Trinajstić information content (AvgIpc) is 2.13. The molecule has 0 rings (SSSR count). The van der Waals surface area contributed by atoms with Gasteiger partial charge in [0.1, 0.15) is 0 Å². The molecule has 0 saturated carbocycles. The number of carbonyl (C=O) groups is 4. The average molecular weight is 358 g/mol. The number of hydrogen-bond donors (Lipinski definition) is 5. The summed E-state index contributed by atoms with van der Waals surface area (Å²) in [6.45, 7) is 5.17. The molecule has 0 aromatic rings. The van der Waals surface area contributed by atoms with Crippen molar-refractivity contribution in [2.24, 2.45) is 5.73 Å². The maximum Gasteiger partial charge on any atom is 0.300 e. The zero-order valence-corrected chi connectivity index (χ0v) is 13.3. The third-order valence-electron chi connectivity index (χ3n) is 0.144. The molecule has 131 valence electrons. The Morgan fingerprint density at radius 2 is 0.810 bits per heavy atom. The predicted molar refractivity (Wildman–Crippen MR) is 71.5 cm³/mol. The molecule has 0 aromatic heterocycles. The van der Waals surface area contributed by atoms with Gasteiger partial charge < -0.3 is 31.9 Å². The van der Waals surface area contributed by atoms with Crippen LogP contribution in [0, 0.1) is 0 Å². The maximum atomic E-state index is 9.00. The minimum absolute atomic E-state index is 0. The second-order valence-corrected chi connectivity index (χ2v) is 2.61. The zero-order valence-electron chi connectivity index (χ0n) is 12.2. The first-order valence-corrected chi connectivity index (χ1v) is 4.97. The summed E-state index contributed by atoms with van der Waals surface area (Å²) in [6.07, 6.45) is 0. The smallest absolute Gasteiger partial charge is 0.300 e. The van der Waals surface area contributed by atoms with Gasteiger partial charge in [-0.15, -0.1) is 6.54 Å². The van der Waals surface area contributed by atoms with E-state index in [2.05, 4.69) is 0 Å². The van der Waals surface area contributed by atoms with E-state index >= 15 is 0 Å². The molecule has 0 heterocycles. The van der Waals surface area contributed by atoms with Gasteiger partial charge in [-0.3, -0.25) is 19.2 Å². The zero-order chi connectivity index (χ0) is 17.7. The molecular formula is C10H23CoN2O8-. The molecule has 0 aliphatic heterocycles. The summed E-state index contributed by atoms with van der Waals surface area (Å²) in [5, 5.41) is 29.7. The minimum atomic E-state index is -0.833. The second kappa shape index (κ2) is 36.2. The summed E-state index contributed by atoms with van der Waals surface area (Å²) in [7, 11) is 0. The molecule has 1 radical (unpaired) electrons. The van der Waals surface area contributed by atoms with Gasteiger partial charge in [-0.25, -0.2) is 0 Å². The molecule has 11 heteroatoms. The molecule has 0 aliphatic carbocycles. The van der Waals surface area contributed by atoms with E-state index < -0.39 is 23.9 Å². The number of carboxylic acids is 4. The summed E-state index contributed by atoms with van der Waals surface area (Å²) >= 11 is 0. The Kier molecular flexibility index (Phi) is 63.0. The van der Waals surface area contributed by atoms with Crippen molar-refractivity contribution in [2.45, 2.75) is 27.7 Å². The van der Waals surface area contributed by atoms with Gasteiger partial charge in [0.25, 0.3) is 23.9 Å². The van der Waals surface area contributed by atoms with Crippen molar-refractivity contribution >= 4 is 23.9 Å². The van der Waals surface area contributed by atoms with Crippen LogP contribution in [0.25, 0.3) is 5.73 Å². The third-order valence-corrected chi connectivity index (χ3v) is 0.144. The first kappa shape index (κ1) is 36.5. The van der Waals surface area contributed by atoms with Crippen molar-refractivity contribution in [1.82, 2.24) is 0 Å². The molecule has 0 fully saturated rings. The van der Waals surface area contributed by atoms with Gasteiger partial charge >= 0.3 is 0 Å². The maximum absolute atomic E-state index is 9.00. The molecule has 0 saturated heterocycles. The van der Waals surface area contributed by atoms with Gasteiger partial charge in [-0.2, -0.15) is 0 Å². The van der Waals surface area contributed by atoms with Crippen LogP contribution in [0.15, 0.2) is 0 Å². The third kappa shape index (κ3) is 10100. The fourth-order valence-corrected chi connectivity index (χ4v) is 0. The monoisotopic (exact) mass is 358 g/mol. The van der Waals surface area contributed by atoms with Gasteiger partial charge in [0.15, 0.2) is 0 Å². The molecule has 7 N–H and O–H groups in total. The predicted octanol–water partition coefficient (Wildman–Crippen LogP) is 0.358. The summed E-state index contributed by atoms with van der Waals surface area (Å²) in [5.74, 6) is -3.33. The van der Waals surface area contributed by atoms with E-state index in [1.165, 1.54) is 0 Å². The minimum Gasteiger partial charge on any atom is -0.676 e. The molecule has 0 unspecified atom stereocenters. The number of carboxylic acid groups (broad SMARTS) is 4. The first-order valence-electron chi connectivity index (χ1n) is 4.97. The SMILES string of the molecule is CC(=O)O.CC(=O)O.CC(=O)O.CC(=O)O.[Co].[NH-]CCN. The van der Waals surface area contributed by atoms with Crippen molar-refractivity contribution in [1.29, 1.82) is 0 Å². The van der Waals surface area contributed by atoms with Crippen LogP contribution in [0.5, 0.6) is 0 Å². The molecule has 0 bridgehead atoms. The topological polar surface area (TPSA) is 199 Å². The van der Waals surface area contributed by atoms with Gasteiger partial charge in [-0.1, -0.05) is 0 Å². The van der Waals surface area contributed by atoms with Crippen LogP contribution in [0.1, 0.15) is 27.7 Å². The van der Waals surface area contributed by atoms with Crippen LogP contribution in [-0.2, 0) is 36.0 Å². The van der Waals surface area contributed by atoms with E-state index in [0.29, 0.717) is 13.1 Å². The summed E-state index contributed by atoms with van der Waals surface area (Å²) in [4.78, 5) is 36.0. The van der Waals surface area contributed by atoms with Crippen LogP contribution in [0.4, 0.5) is 0 Å². The molecule has 0 spiro atoms. The Bertz CT molecular complexity index is 195. The molecule has 0 aromatic carbocycles. The van der Waals surface area contributed by atoms with Gasteiger partial charge in [0.05, 0.1) is 0 Å². The Morgan fingerprint density at radius 1 is 0.762 bits per heavy atom. The number of hydrogen-bond acceptors (Lipinski definition) is 5. The van der Waals surface area contributed by atoms with Crippen molar-refractivity contribution in [2.75, 3.05) is 13.1 Å². The first-order chi connectivity index (χ1) is 8.84. The summed E-state index contributed by atoms with van der Waals surface area (Å²) in [5.41, 5.74) is 11.2. The van der Waals surface area contributed by atoms with Crippen LogP contribution in [0.2, 0.25) is 0 Å². The molecule has 10 nitrogen and oxygen atoms in total. The molecular weight excluding hydrogens is 335 g/mol. The van der Waals surface area contributed by atoms with Crippen LogP contribution in [0.3, 0.4) is 0 Å². The van der Waals surface area contributed by atoms with Gasteiger partial charge in [0, 0.05) is 44.5 Å². The fourth-order valence-electron chi connectivity index (χ4n) is 0. The number of nitrogens with two attached hydrogens (primary N) is 1. The van der Waals surface area contributed by atoms with Crippen LogP contribution >= 0.6 is 0 Å². The Hall–Kier alpha value is -1.69. The second-order valence-electron chi connectivity index (χ2n) is 2.61. The quantitative estimate of drug-likeness (QED) is 0.439. The summed E-state index contributed by atoms with van der Waals surface area (Å²) in [6, 6.07) is 0. The van der Waals surface area contributed by atoms with Crippen LogP contribution < -0.4 is 5.73 Å². The van der Waals surface area contributed by atoms with Crippen molar-refractivity contribution in [3.05, 3.63) is 5.73 Å². The van der Waals surface area contributed by atoms with Crippen molar-refractivity contribution in [3.8, 4) is 0 Å². The molecule has 21 heavy (non-hydrogen) atoms. The Labute approximate surface area is 133 Å². The van der Waals surface area contributed by atoms with E-state index in [9.17, 15) is 0 Å². The number of nitrogens with one attached hydrogen (secondary N) is 1. The van der Waals surface area contributed by atoms with Crippen molar-refractivity contribution in [3.63, 3.8) is 0 Å². The Morgan fingerprint density at radius 3 is 0.810 bits per heavy atom. The van der Waals surface area contributed by atoms with Gasteiger partial charge in [0.2, 0.25) is 0 Å². The largest absolute Gasteiger partial charge is 0.676 e. The van der Waals surface area contributed by atoms with E-state index in [1.54, 1.807) is 0 Å². The standard InChI is InChI=1S/C2H7N2.4C2H4O2.Co/c3-1-2-4;4*1-2(3)4;/h3H,1-2,4H2;4*1H3,(H,3,4);/q-1;;;;;. The fraction of sp³-hybridized carbons (Fsp3) is 0.600. The van der Waals surface area contributed by atoms with Crippen molar-refractivity contribution < 1.29 is 56.4 Å². The van der Waals surface area contributed by atoms with E-state index in [1.807, 2.05) is 0 Å². The number of aliphatic carboxylic acids is 4. The Balaban J connectivity index is -0.0000000331. The molecule has 0 atom stereocenters. The van der Waals surface area contributed by atoms with Gasteiger partial charge in [-0.05, 0) is 6.54 Å². The molecule has 0 amide bonds. The van der Waals surface area contributed by atoms with E-state index in [-0.39, 0.29) is 16.8 Å². The summed E-state index contributed by atoms with van der Waals surface area (Å²) < 4.78 is 0. The van der Waals surface area contributed by atoms with Crippen LogP contribution in [-0.4, -0.2) is 57.4 Å². The number of rotatable bonds is 1. The van der Waals surface area contributed by atoms with E-state index in [4.69, 9.17) is 51.1 Å².